The maximum atomic E-state index is 14.3. The minimum Gasteiger partial charge on any atom is -0.379 e. The standard InChI is InChI=1S/C21H25FN2O2/c22-20-9-5-4-8-18(20)19(17-6-2-1-3-7-17)16-21(25)23-10-11-24-12-14-26-15-13-24/h1-9,19H,10-16H2,(H,23,25). The van der Waals surface area contributed by atoms with Crippen LogP contribution in [0.2, 0.25) is 0 Å². The first-order valence-corrected chi connectivity index (χ1v) is 9.10. The minimum atomic E-state index is -0.291. The Bertz CT molecular complexity index is 702. The van der Waals surface area contributed by atoms with Crippen LogP contribution in [0.5, 0.6) is 0 Å². The van der Waals surface area contributed by atoms with E-state index in [0.29, 0.717) is 12.1 Å². The zero-order valence-corrected chi connectivity index (χ0v) is 14.9. The maximum absolute atomic E-state index is 14.3. The molecule has 4 nitrogen and oxygen atoms in total. The van der Waals surface area contributed by atoms with E-state index in [1.807, 2.05) is 36.4 Å². The molecule has 1 unspecified atom stereocenters. The number of hydrogen-bond acceptors (Lipinski definition) is 3. The smallest absolute Gasteiger partial charge is 0.220 e. The molecule has 1 saturated heterocycles. The molecule has 1 N–H and O–H groups in total. The topological polar surface area (TPSA) is 41.6 Å². The van der Waals surface area contributed by atoms with Crippen LogP contribution in [0.25, 0.3) is 0 Å². The third kappa shape index (κ3) is 5.13. The quantitative estimate of drug-likeness (QED) is 0.829. The fourth-order valence-corrected chi connectivity index (χ4v) is 3.29. The van der Waals surface area contributed by atoms with Crippen LogP contribution in [0.1, 0.15) is 23.5 Å². The zero-order chi connectivity index (χ0) is 18.2. The van der Waals surface area contributed by atoms with Crippen molar-refractivity contribution in [1.29, 1.82) is 0 Å². The van der Waals surface area contributed by atoms with Crippen molar-refractivity contribution >= 4 is 5.91 Å². The molecule has 0 aromatic heterocycles. The van der Waals surface area contributed by atoms with Crippen LogP contribution in [0.15, 0.2) is 54.6 Å². The molecule has 0 aliphatic carbocycles. The number of morpholine rings is 1. The zero-order valence-electron chi connectivity index (χ0n) is 14.9. The predicted octanol–water partition coefficient (Wildman–Crippen LogP) is 2.80. The highest BCUT2D eigenvalue weighted by Gasteiger charge is 2.21. The van der Waals surface area contributed by atoms with E-state index in [9.17, 15) is 9.18 Å². The molecule has 0 bridgehead atoms. The Morgan fingerprint density at radius 1 is 1.08 bits per heavy atom. The van der Waals surface area contributed by atoms with Gasteiger partial charge in [-0.3, -0.25) is 9.69 Å². The van der Waals surface area contributed by atoms with E-state index in [0.717, 1.165) is 38.4 Å². The van der Waals surface area contributed by atoms with E-state index in [4.69, 9.17) is 4.74 Å². The van der Waals surface area contributed by atoms with Gasteiger partial charge in [0.05, 0.1) is 13.2 Å². The summed E-state index contributed by atoms with van der Waals surface area (Å²) in [6.07, 6.45) is 0.230. The Hall–Kier alpha value is -2.24. The molecule has 2 aromatic rings. The summed E-state index contributed by atoms with van der Waals surface area (Å²) in [5.41, 5.74) is 1.50. The monoisotopic (exact) mass is 356 g/mol. The van der Waals surface area contributed by atoms with Crippen LogP contribution in [-0.2, 0) is 9.53 Å². The first-order chi connectivity index (χ1) is 12.7. The Kier molecular flexibility index (Phi) is 6.75. The lowest BCUT2D eigenvalue weighted by atomic mass is 9.88. The number of benzene rings is 2. The average Bonchev–Trinajstić information content (AvgIpc) is 2.68. The minimum absolute atomic E-state index is 0.0598. The molecule has 1 aliphatic rings. The summed E-state index contributed by atoms with van der Waals surface area (Å²) in [5, 5.41) is 2.98. The van der Waals surface area contributed by atoms with Gasteiger partial charge in [-0.15, -0.1) is 0 Å². The molecular formula is C21H25FN2O2. The molecule has 1 amide bonds. The normalized spacial score (nSPS) is 16.2. The van der Waals surface area contributed by atoms with E-state index >= 15 is 0 Å². The highest BCUT2D eigenvalue weighted by atomic mass is 19.1. The van der Waals surface area contributed by atoms with Crippen molar-refractivity contribution in [2.45, 2.75) is 12.3 Å². The van der Waals surface area contributed by atoms with E-state index in [-0.39, 0.29) is 24.1 Å². The maximum Gasteiger partial charge on any atom is 0.220 e. The third-order valence-corrected chi connectivity index (χ3v) is 4.73. The number of carbonyl (C=O) groups excluding carboxylic acids is 1. The van der Waals surface area contributed by atoms with Crippen molar-refractivity contribution < 1.29 is 13.9 Å². The van der Waals surface area contributed by atoms with E-state index < -0.39 is 0 Å². The van der Waals surface area contributed by atoms with Gasteiger partial charge in [-0.1, -0.05) is 48.5 Å². The fourth-order valence-electron chi connectivity index (χ4n) is 3.29. The van der Waals surface area contributed by atoms with Crippen molar-refractivity contribution in [1.82, 2.24) is 10.2 Å². The summed E-state index contributed by atoms with van der Waals surface area (Å²) < 4.78 is 19.6. The highest BCUT2D eigenvalue weighted by molar-refractivity contribution is 5.77. The van der Waals surface area contributed by atoms with Gasteiger partial charge in [0.1, 0.15) is 5.82 Å². The molecule has 26 heavy (non-hydrogen) atoms. The van der Waals surface area contributed by atoms with Gasteiger partial charge < -0.3 is 10.1 Å². The molecule has 1 aliphatic heterocycles. The van der Waals surface area contributed by atoms with Crippen molar-refractivity contribution in [3.05, 3.63) is 71.5 Å². The molecule has 0 saturated carbocycles. The summed E-state index contributed by atoms with van der Waals surface area (Å²) in [5.74, 6) is -0.626. The molecule has 138 valence electrons. The molecule has 5 heteroatoms. The Morgan fingerprint density at radius 3 is 2.50 bits per heavy atom. The lowest BCUT2D eigenvalue weighted by molar-refractivity contribution is -0.121. The predicted molar refractivity (Wildman–Crippen MR) is 99.6 cm³/mol. The van der Waals surface area contributed by atoms with Crippen molar-refractivity contribution in [3.63, 3.8) is 0 Å². The van der Waals surface area contributed by atoms with Gasteiger partial charge in [0.15, 0.2) is 0 Å². The Morgan fingerprint density at radius 2 is 1.77 bits per heavy atom. The number of nitrogens with one attached hydrogen (secondary N) is 1. The second-order valence-corrected chi connectivity index (χ2v) is 6.49. The molecule has 0 radical (unpaired) electrons. The molecule has 2 aromatic carbocycles. The molecule has 1 atom stereocenters. The summed E-state index contributed by atoms with van der Waals surface area (Å²) in [7, 11) is 0. The van der Waals surface area contributed by atoms with Gasteiger partial charge in [0.2, 0.25) is 5.91 Å². The van der Waals surface area contributed by atoms with Crippen molar-refractivity contribution in [2.75, 3.05) is 39.4 Å². The van der Waals surface area contributed by atoms with Crippen LogP contribution in [0.3, 0.4) is 0 Å². The van der Waals surface area contributed by atoms with Gasteiger partial charge in [0, 0.05) is 38.5 Å². The summed E-state index contributed by atoms with van der Waals surface area (Å²) in [6, 6.07) is 16.3. The first kappa shape index (κ1) is 18.5. The van der Waals surface area contributed by atoms with Gasteiger partial charge in [-0.2, -0.15) is 0 Å². The highest BCUT2D eigenvalue weighted by Crippen LogP contribution is 2.29. The molecule has 1 fully saturated rings. The number of hydrogen-bond donors (Lipinski definition) is 1. The van der Waals surface area contributed by atoms with Crippen LogP contribution >= 0.6 is 0 Å². The number of halogens is 1. The van der Waals surface area contributed by atoms with Crippen LogP contribution in [-0.4, -0.2) is 50.2 Å². The second-order valence-electron chi connectivity index (χ2n) is 6.49. The van der Waals surface area contributed by atoms with Gasteiger partial charge >= 0.3 is 0 Å². The number of nitrogens with zero attached hydrogens (tertiary/aromatic N) is 1. The Balaban J connectivity index is 1.62. The third-order valence-electron chi connectivity index (χ3n) is 4.73. The molecule has 3 rings (SSSR count). The number of rotatable bonds is 7. The summed E-state index contributed by atoms with van der Waals surface area (Å²) in [4.78, 5) is 14.7. The lowest BCUT2D eigenvalue weighted by Crippen LogP contribution is -2.41. The van der Waals surface area contributed by atoms with Gasteiger partial charge in [-0.25, -0.2) is 4.39 Å². The molecule has 0 spiro atoms. The van der Waals surface area contributed by atoms with E-state index in [1.165, 1.54) is 6.07 Å². The number of amides is 1. The lowest BCUT2D eigenvalue weighted by Gasteiger charge is -2.26. The number of ether oxygens (including phenoxy) is 1. The largest absolute Gasteiger partial charge is 0.379 e. The average molecular weight is 356 g/mol. The van der Waals surface area contributed by atoms with Crippen molar-refractivity contribution in [2.24, 2.45) is 0 Å². The van der Waals surface area contributed by atoms with Gasteiger partial charge in [0.25, 0.3) is 0 Å². The first-order valence-electron chi connectivity index (χ1n) is 9.10. The Labute approximate surface area is 154 Å². The van der Waals surface area contributed by atoms with Crippen LogP contribution in [0.4, 0.5) is 4.39 Å². The summed E-state index contributed by atoms with van der Waals surface area (Å²) >= 11 is 0. The van der Waals surface area contributed by atoms with Crippen molar-refractivity contribution in [3.8, 4) is 0 Å². The molecular weight excluding hydrogens is 331 g/mol. The fraction of sp³-hybridized carbons (Fsp3) is 0.381. The van der Waals surface area contributed by atoms with Crippen LogP contribution < -0.4 is 5.32 Å². The SMILES string of the molecule is O=C(CC(c1ccccc1)c1ccccc1F)NCCN1CCOCC1. The van der Waals surface area contributed by atoms with E-state index in [1.54, 1.807) is 12.1 Å². The number of carbonyl (C=O) groups is 1. The van der Waals surface area contributed by atoms with E-state index in [2.05, 4.69) is 10.2 Å². The van der Waals surface area contributed by atoms with Gasteiger partial charge in [-0.05, 0) is 17.2 Å². The second kappa shape index (κ2) is 9.46. The van der Waals surface area contributed by atoms with Crippen LogP contribution in [0, 0.1) is 5.82 Å². The molecule has 1 heterocycles. The summed E-state index contributed by atoms with van der Waals surface area (Å²) in [6.45, 7) is 4.70.